The van der Waals surface area contributed by atoms with Crippen LogP contribution >= 0.6 is 33.2 Å². The number of H-pyrrole nitrogens is 3. The van der Waals surface area contributed by atoms with Gasteiger partial charge in [-0.1, -0.05) is 71.0 Å². The molecule has 16 N–H and O–H groups in total. The molecule has 5 heterocycles. The van der Waals surface area contributed by atoms with Gasteiger partial charge >= 0.3 is 24.1 Å². The molecule has 0 bridgehead atoms. The Kier molecular flexibility index (Phi) is 24.1. The molecule has 5 atom stereocenters. The van der Waals surface area contributed by atoms with Crippen molar-refractivity contribution in [1.82, 2.24) is 51.2 Å². The first-order valence-electron chi connectivity index (χ1n) is 30.5. The number of nitrogens with one attached hydrogen (secondary N) is 9. The zero-order valence-corrected chi connectivity index (χ0v) is 55.1. The van der Waals surface area contributed by atoms with E-state index in [2.05, 4.69) is 61.8 Å². The van der Waals surface area contributed by atoms with E-state index >= 15 is 0 Å². The number of benzene rings is 5. The average molecular weight is 1410 g/mol. The lowest BCUT2D eigenvalue weighted by Crippen LogP contribution is -2.57. The number of rotatable bonds is 28. The maximum atomic E-state index is 14.0. The normalized spacial score (nSPS) is 13.6. The highest BCUT2D eigenvalue weighted by molar-refractivity contribution is 8.76. The predicted octanol–water partition coefficient (Wildman–Crippen LogP) is 5.82. The van der Waals surface area contributed by atoms with Crippen molar-refractivity contribution in [2.24, 2.45) is 5.73 Å². The summed E-state index contributed by atoms with van der Waals surface area (Å²) < 4.78 is 10.6. The number of carboxylic acid groups (broad SMARTS) is 3. The van der Waals surface area contributed by atoms with Crippen LogP contribution in [-0.2, 0) is 40.0 Å². The Morgan fingerprint density at radius 1 is 0.747 bits per heavy atom. The number of nitrogens with zero attached hydrogens (tertiary/aromatic N) is 4. The van der Waals surface area contributed by atoms with Gasteiger partial charge in [0, 0.05) is 93.0 Å². The standard InChI is InChI=1S/C34H27ClN4O5.C31H39N11O11S2/c1-2-43-34(42)44-30-16-29-31(24-9-5-4-8-23(24)30)21(17-35)18-39(29)33(41)28-15-20-13-22(11-12-26(20)38-28)36-32(40)27-14-19-7-3-6-10-25(19)37-27;1-2-54-55-13-20(30(52)53)40-27(48)19(9-22(44)45)39-26(47)17(32)12-35-21(43)8-7-18(29(50)51)38-25(46)14-3-5-15(6-4-14)34-10-16-11-36-24-23(37-16)28(49)42-31(33)41-24/h3-16,21,37-38H,2,17-18H2,1H3,(H,36,40);3-6,11,17-20,34H,2,7-10,12-13,32H2,1H3,(H,35,43)(H,38,46)(H,39,47)(H,40,48)(H,44,45)(H,50,51)(H,52,53)(H3,33,36,41,42,49). The number of carbonyl (C=O) groups is 10. The lowest BCUT2D eigenvalue weighted by atomic mass is 9.95. The number of hydrogen-bond acceptors (Lipinski definition) is 21. The van der Waals surface area contributed by atoms with Crippen LogP contribution in [0.2, 0.25) is 0 Å². The van der Waals surface area contributed by atoms with Crippen molar-refractivity contribution in [1.29, 1.82) is 0 Å². The van der Waals surface area contributed by atoms with Crippen molar-refractivity contribution in [2.75, 3.05) is 58.3 Å². The minimum absolute atomic E-state index is 0.00880. The van der Waals surface area contributed by atoms with E-state index in [1.807, 2.05) is 73.7 Å². The molecule has 5 aromatic carbocycles. The molecule has 31 nitrogen and oxygen atoms in total. The molecule has 0 fully saturated rings. The van der Waals surface area contributed by atoms with Crippen LogP contribution in [-0.4, -0.2) is 166 Å². The number of carboxylic acids is 3. The van der Waals surface area contributed by atoms with E-state index < -0.39 is 96.8 Å². The Bertz CT molecular complexity index is 4600. The number of para-hydroxylation sites is 1. The first-order valence-corrected chi connectivity index (χ1v) is 33.5. The summed E-state index contributed by atoms with van der Waals surface area (Å²) in [5, 5.41) is 46.6. The third-order valence-electron chi connectivity index (χ3n) is 15.2. The molecule has 0 spiro atoms. The Morgan fingerprint density at radius 3 is 2.14 bits per heavy atom. The van der Waals surface area contributed by atoms with Crippen molar-refractivity contribution in [3.63, 3.8) is 0 Å². The van der Waals surface area contributed by atoms with E-state index in [0.717, 1.165) is 38.1 Å². The molecule has 5 unspecified atom stereocenters. The summed E-state index contributed by atoms with van der Waals surface area (Å²) in [5.74, 6) is -7.25. The fourth-order valence-corrected chi connectivity index (χ4v) is 12.5. The summed E-state index contributed by atoms with van der Waals surface area (Å²) >= 11 is 6.42. The Morgan fingerprint density at radius 2 is 1.43 bits per heavy atom. The van der Waals surface area contributed by atoms with E-state index in [4.69, 9.17) is 32.5 Å². The SMILES string of the molecule is CCOC(=O)Oc1cc2c(c3ccccc13)C(CCl)CN2C(=O)c1cc2cc(NC(=O)c3cc4ccccc4[nH]3)ccc2[nH]1.CCSSCC(NC(=O)C(CC(=O)O)NC(=O)C(N)CNC(=O)CCC(NC(=O)c1ccc(NCc2cnc3nc(N)[nH]c(=O)c3n2)cc1)C(=O)O)C(=O)O. The molecule has 34 heteroatoms. The number of hydrogen-bond donors (Lipinski definition) is 14. The lowest BCUT2D eigenvalue weighted by molar-refractivity contribution is -0.143. The van der Waals surface area contributed by atoms with Crippen molar-refractivity contribution >= 4 is 159 Å². The Balaban J connectivity index is 0.000000236. The maximum absolute atomic E-state index is 14.0. The van der Waals surface area contributed by atoms with Crippen LogP contribution in [0.3, 0.4) is 0 Å². The van der Waals surface area contributed by atoms with E-state index in [-0.39, 0.29) is 65.7 Å². The second-order valence-corrected chi connectivity index (χ2v) is 25.2. The molecule has 4 aromatic heterocycles. The van der Waals surface area contributed by atoms with Gasteiger partial charge in [-0.3, -0.25) is 43.3 Å². The Hall–Kier alpha value is -11.3. The van der Waals surface area contributed by atoms with Crippen LogP contribution < -0.4 is 58.6 Å². The summed E-state index contributed by atoms with van der Waals surface area (Å²) in [5.41, 5.74) is 16.6. The molecule has 9 aromatic rings. The lowest BCUT2D eigenvalue weighted by Gasteiger charge is -2.22. The van der Waals surface area contributed by atoms with Crippen LogP contribution in [0.15, 0.2) is 120 Å². The quantitative estimate of drug-likeness (QED) is 0.00903. The van der Waals surface area contributed by atoms with Gasteiger partial charge in [0.2, 0.25) is 23.7 Å². The molecule has 10 rings (SSSR count). The molecule has 1 aliphatic heterocycles. The van der Waals surface area contributed by atoms with Crippen molar-refractivity contribution < 1.29 is 72.7 Å². The molecule has 516 valence electrons. The topological polar surface area (TPSA) is 480 Å². The number of carbonyl (C=O) groups excluding carboxylic acids is 7. The largest absolute Gasteiger partial charge is 0.513 e. The van der Waals surface area contributed by atoms with E-state index in [0.29, 0.717) is 58.1 Å². The third-order valence-corrected chi connectivity index (χ3v) is 18.0. The van der Waals surface area contributed by atoms with Gasteiger partial charge in [-0.25, -0.2) is 24.4 Å². The summed E-state index contributed by atoms with van der Waals surface area (Å²) in [4.78, 5) is 159. The summed E-state index contributed by atoms with van der Waals surface area (Å²) in [7, 11) is 2.54. The molecule has 6 amide bonds. The van der Waals surface area contributed by atoms with Gasteiger partial charge in [0.05, 0.1) is 37.2 Å². The fourth-order valence-electron chi connectivity index (χ4n) is 10.4. The van der Waals surface area contributed by atoms with Crippen LogP contribution in [0.4, 0.5) is 27.8 Å². The number of fused-ring (bicyclic) bond motifs is 6. The van der Waals surface area contributed by atoms with E-state index in [1.165, 1.54) is 39.9 Å². The highest BCUT2D eigenvalue weighted by Gasteiger charge is 2.37. The van der Waals surface area contributed by atoms with Crippen molar-refractivity contribution in [3.8, 4) is 5.75 Å². The number of anilines is 4. The van der Waals surface area contributed by atoms with Gasteiger partial charge < -0.3 is 83.0 Å². The smallest absolute Gasteiger partial charge is 0.481 e. The number of alkyl halides is 1. The minimum atomic E-state index is -1.68. The second-order valence-electron chi connectivity index (χ2n) is 22.1. The number of amides is 6. The Labute approximate surface area is 574 Å². The highest BCUT2D eigenvalue weighted by Crippen LogP contribution is 2.46. The average Bonchev–Trinajstić information content (AvgIpc) is 1.60. The first kappa shape index (κ1) is 72.0. The van der Waals surface area contributed by atoms with Gasteiger partial charge in [0.25, 0.3) is 23.3 Å². The van der Waals surface area contributed by atoms with Gasteiger partial charge in [-0.2, -0.15) is 4.98 Å². The molecule has 99 heavy (non-hydrogen) atoms. The second kappa shape index (κ2) is 33.1. The molecule has 0 aliphatic carbocycles. The van der Waals surface area contributed by atoms with Crippen molar-refractivity contribution in [2.45, 2.75) is 69.7 Å². The van der Waals surface area contributed by atoms with Crippen molar-refractivity contribution in [3.05, 3.63) is 154 Å². The maximum Gasteiger partial charge on any atom is 0.513 e. The van der Waals surface area contributed by atoms with Crippen LogP contribution in [0, 0.1) is 0 Å². The van der Waals surface area contributed by atoms with Crippen LogP contribution in [0.25, 0.3) is 43.7 Å². The number of nitrogens with two attached hydrogens (primary N) is 2. The summed E-state index contributed by atoms with van der Waals surface area (Å²) in [6.45, 7) is 3.76. The van der Waals surface area contributed by atoms with Gasteiger partial charge in [-0.15, -0.1) is 11.6 Å². The molecule has 0 saturated heterocycles. The minimum Gasteiger partial charge on any atom is -0.481 e. The number of halogens is 1. The number of nitrogen functional groups attached to an aromatic ring is 1. The van der Waals surface area contributed by atoms with Gasteiger partial charge in [0.15, 0.2) is 11.2 Å². The molecule has 1 aliphatic rings. The van der Waals surface area contributed by atoms with Gasteiger partial charge in [-0.05, 0) is 85.0 Å². The first-order chi connectivity index (χ1) is 47.5. The molecular weight excluding hydrogens is 1350 g/mol. The number of aromatic amines is 3. The number of ether oxygens (including phenoxy) is 2. The predicted molar refractivity (Wildman–Crippen MR) is 371 cm³/mol. The number of aliphatic carboxylic acids is 3. The third kappa shape index (κ3) is 18.4. The molecule has 0 radical (unpaired) electrons. The fraction of sp³-hybridized carbons (Fsp3) is 0.262. The molecule has 0 saturated carbocycles. The summed E-state index contributed by atoms with van der Waals surface area (Å²) in [6, 6.07) is 26.0. The van der Waals surface area contributed by atoms with Crippen LogP contribution in [0.5, 0.6) is 5.75 Å². The van der Waals surface area contributed by atoms with Gasteiger partial charge in [0.1, 0.15) is 41.3 Å². The molecular formula is C65H66ClN15O16S2. The zero-order valence-electron chi connectivity index (χ0n) is 52.7. The van der Waals surface area contributed by atoms with Crippen LogP contribution in [0.1, 0.15) is 81.6 Å². The monoisotopic (exact) mass is 1410 g/mol. The van der Waals surface area contributed by atoms with E-state index in [1.54, 1.807) is 42.2 Å². The number of aromatic nitrogens is 6. The highest BCUT2D eigenvalue weighted by atomic mass is 35.5. The van der Waals surface area contributed by atoms with E-state index in [9.17, 15) is 68.1 Å². The zero-order chi connectivity index (χ0) is 71.0. The summed E-state index contributed by atoms with van der Waals surface area (Å²) in [6.07, 6.45) is -1.03.